The van der Waals surface area contributed by atoms with E-state index in [9.17, 15) is 19.5 Å². The first-order chi connectivity index (χ1) is 16.9. The number of aromatic nitrogens is 6. The van der Waals surface area contributed by atoms with Crippen molar-refractivity contribution in [1.82, 2.24) is 34.4 Å². The third-order valence-electron chi connectivity index (χ3n) is 6.22. The van der Waals surface area contributed by atoms with Gasteiger partial charge in [-0.1, -0.05) is 0 Å². The minimum Gasteiger partial charge on any atom is -0.467 e. The maximum Gasteiger partial charge on any atom is 0.329 e. The lowest BCUT2D eigenvalue weighted by molar-refractivity contribution is -0.140. The fourth-order valence-electron chi connectivity index (χ4n) is 4.46. The molecule has 1 amide bonds. The summed E-state index contributed by atoms with van der Waals surface area (Å²) in [6.07, 6.45) is 4.48. The number of aromatic amines is 1. The second-order valence-electron chi connectivity index (χ2n) is 8.40. The number of ether oxygens (including phenoxy) is 1. The van der Waals surface area contributed by atoms with Crippen molar-refractivity contribution in [3.8, 4) is 17.3 Å². The Kier molecular flexibility index (Phi) is 5.73. The number of piperidine rings is 1. The highest BCUT2D eigenvalue weighted by molar-refractivity contribution is 6.01. The molecular weight excluding hydrogens is 454 g/mol. The van der Waals surface area contributed by atoms with Gasteiger partial charge < -0.3 is 14.7 Å². The van der Waals surface area contributed by atoms with Crippen molar-refractivity contribution in [2.45, 2.75) is 31.9 Å². The summed E-state index contributed by atoms with van der Waals surface area (Å²) in [7, 11) is 1.47. The summed E-state index contributed by atoms with van der Waals surface area (Å²) in [6, 6.07) is 3.48. The molecule has 5 rings (SSSR count). The number of methoxy groups -OCH3 is 1. The van der Waals surface area contributed by atoms with E-state index < -0.39 is 17.4 Å². The van der Waals surface area contributed by atoms with Gasteiger partial charge in [0.15, 0.2) is 0 Å². The number of rotatable bonds is 4. The summed E-state index contributed by atoms with van der Waals surface area (Å²) in [5, 5.41) is 9.87. The van der Waals surface area contributed by atoms with Crippen molar-refractivity contribution in [1.29, 1.82) is 0 Å². The lowest BCUT2D eigenvalue weighted by atomic mass is 10.0. The van der Waals surface area contributed by atoms with Crippen molar-refractivity contribution >= 4 is 27.8 Å². The molecule has 0 bridgehead atoms. The number of nitrogens with one attached hydrogen (secondary N) is 1. The van der Waals surface area contributed by atoms with Crippen LogP contribution in [-0.4, -0.2) is 71.7 Å². The van der Waals surface area contributed by atoms with E-state index in [-0.39, 0.29) is 23.3 Å². The third-order valence-corrected chi connectivity index (χ3v) is 6.22. The van der Waals surface area contributed by atoms with E-state index in [2.05, 4.69) is 19.9 Å². The zero-order chi connectivity index (χ0) is 24.7. The van der Waals surface area contributed by atoms with Gasteiger partial charge in [-0.15, -0.1) is 0 Å². The topological polar surface area (TPSA) is 156 Å². The summed E-state index contributed by atoms with van der Waals surface area (Å²) in [4.78, 5) is 59.2. The van der Waals surface area contributed by atoms with E-state index in [0.717, 1.165) is 0 Å². The molecule has 35 heavy (non-hydrogen) atoms. The normalized spacial score (nSPS) is 15.5. The Morgan fingerprint density at radius 2 is 1.86 bits per heavy atom. The van der Waals surface area contributed by atoms with Crippen molar-refractivity contribution in [3.05, 3.63) is 51.6 Å². The quantitative estimate of drug-likeness (QED) is 0.403. The van der Waals surface area contributed by atoms with Gasteiger partial charge in [-0.25, -0.2) is 19.7 Å². The van der Waals surface area contributed by atoms with Crippen LogP contribution in [0.15, 0.2) is 40.3 Å². The van der Waals surface area contributed by atoms with Crippen LogP contribution in [0.5, 0.6) is 6.01 Å². The standard InChI is InChI=1S/C23H23N7O5/c1-12(31)21(33)29-7-5-14(6-8-29)30-19-15(20(32)28-23(30)34)11-24-17-4-3-16(27-18(17)19)13-9-25-22(35-2)26-10-13/h3-4,9-12,14,31H,5-8H2,1-2H3,(H,28,32,34)/t12-/m1/s1. The Morgan fingerprint density at radius 3 is 2.51 bits per heavy atom. The molecule has 0 aromatic carbocycles. The highest BCUT2D eigenvalue weighted by atomic mass is 16.5. The van der Waals surface area contributed by atoms with E-state index in [1.807, 2.05) is 0 Å². The number of aliphatic hydroxyl groups excluding tert-OH is 1. The Bertz CT molecular complexity index is 1540. The molecule has 0 unspecified atom stereocenters. The van der Waals surface area contributed by atoms with E-state index in [0.29, 0.717) is 53.7 Å². The molecule has 1 atom stereocenters. The number of aliphatic hydroxyl groups is 1. The summed E-state index contributed by atoms with van der Waals surface area (Å²) in [5.74, 6) is -0.343. The van der Waals surface area contributed by atoms with Crippen LogP contribution in [0.3, 0.4) is 0 Å². The summed E-state index contributed by atoms with van der Waals surface area (Å²) < 4.78 is 6.56. The highest BCUT2D eigenvalue weighted by Gasteiger charge is 2.28. The largest absolute Gasteiger partial charge is 0.467 e. The molecule has 0 saturated carbocycles. The average Bonchev–Trinajstić information content (AvgIpc) is 2.88. The fourth-order valence-corrected chi connectivity index (χ4v) is 4.46. The molecule has 5 heterocycles. The van der Waals surface area contributed by atoms with Gasteiger partial charge in [0.1, 0.15) is 11.6 Å². The minimum atomic E-state index is -1.08. The summed E-state index contributed by atoms with van der Waals surface area (Å²) >= 11 is 0. The SMILES string of the molecule is COc1ncc(-c2ccc3ncc4c(=O)[nH]c(=O)n(C5CCN(C(=O)[C@@H](C)O)CC5)c4c3n2)cn1. The van der Waals surface area contributed by atoms with Gasteiger partial charge in [-0.3, -0.25) is 24.1 Å². The predicted octanol–water partition coefficient (Wildman–Crippen LogP) is 0.643. The van der Waals surface area contributed by atoms with E-state index in [4.69, 9.17) is 9.72 Å². The summed E-state index contributed by atoms with van der Waals surface area (Å²) in [6.45, 7) is 2.20. The first-order valence-corrected chi connectivity index (χ1v) is 11.1. The fraction of sp³-hybridized carbons (Fsp3) is 0.348. The molecule has 12 heteroatoms. The van der Waals surface area contributed by atoms with E-state index in [1.54, 1.807) is 34.0 Å². The van der Waals surface area contributed by atoms with Crippen LogP contribution in [-0.2, 0) is 4.79 Å². The molecule has 0 spiro atoms. The number of hydrogen-bond acceptors (Lipinski definition) is 9. The van der Waals surface area contributed by atoms with Crippen LogP contribution in [0.1, 0.15) is 25.8 Å². The van der Waals surface area contributed by atoms with Crippen molar-refractivity contribution < 1.29 is 14.6 Å². The molecule has 1 aliphatic heterocycles. The van der Waals surface area contributed by atoms with Crippen LogP contribution >= 0.6 is 0 Å². The second kappa shape index (κ2) is 8.87. The number of carbonyl (C=O) groups excluding carboxylic acids is 1. The smallest absolute Gasteiger partial charge is 0.329 e. The number of pyridine rings is 2. The lowest BCUT2D eigenvalue weighted by Crippen LogP contribution is -2.45. The van der Waals surface area contributed by atoms with Gasteiger partial charge in [0.2, 0.25) is 0 Å². The van der Waals surface area contributed by atoms with Gasteiger partial charge in [0.05, 0.1) is 29.2 Å². The van der Waals surface area contributed by atoms with Crippen LogP contribution in [0.25, 0.3) is 33.2 Å². The Morgan fingerprint density at radius 1 is 1.14 bits per heavy atom. The first kappa shape index (κ1) is 22.6. The van der Waals surface area contributed by atoms with Crippen LogP contribution in [0, 0.1) is 0 Å². The molecule has 180 valence electrons. The average molecular weight is 477 g/mol. The van der Waals surface area contributed by atoms with Gasteiger partial charge >= 0.3 is 11.7 Å². The molecule has 0 radical (unpaired) electrons. The summed E-state index contributed by atoms with van der Waals surface area (Å²) in [5.41, 5.74) is 1.41. The Labute approximate surface area is 198 Å². The van der Waals surface area contributed by atoms with Crippen molar-refractivity contribution in [3.63, 3.8) is 0 Å². The molecule has 12 nitrogen and oxygen atoms in total. The molecule has 4 aromatic heterocycles. The van der Waals surface area contributed by atoms with Crippen molar-refractivity contribution in [2.24, 2.45) is 0 Å². The van der Waals surface area contributed by atoms with Crippen LogP contribution in [0.4, 0.5) is 0 Å². The number of carbonyl (C=O) groups is 1. The zero-order valence-corrected chi connectivity index (χ0v) is 19.1. The monoisotopic (exact) mass is 477 g/mol. The molecule has 1 fully saturated rings. The predicted molar refractivity (Wildman–Crippen MR) is 126 cm³/mol. The Hall–Kier alpha value is -4.19. The van der Waals surface area contributed by atoms with Crippen LogP contribution < -0.4 is 16.0 Å². The Balaban J connectivity index is 1.65. The number of likely N-dealkylation sites (tertiary alicyclic amines) is 1. The molecule has 1 aliphatic rings. The van der Waals surface area contributed by atoms with E-state index >= 15 is 0 Å². The minimum absolute atomic E-state index is 0.224. The van der Waals surface area contributed by atoms with E-state index in [1.165, 1.54) is 20.2 Å². The second-order valence-corrected chi connectivity index (χ2v) is 8.40. The number of hydrogen-bond donors (Lipinski definition) is 2. The molecule has 4 aromatic rings. The maximum absolute atomic E-state index is 13.1. The number of H-pyrrole nitrogens is 1. The molecule has 0 aliphatic carbocycles. The zero-order valence-electron chi connectivity index (χ0n) is 19.1. The number of amides is 1. The van der Waals surface area contributed by atoms with Gasteiger partial charge in [0, 0.05) is 43.3 Å². The van der Waals surface area contributed by atoms with Gasteiger partial charge in [0.25, 0.3) is 11.5 Å². The number of nitrogens with zero attached hydrogens (tertiary/aromatic N) is 6. The van der Waals surface area contributed by atoms with Crippen molar-refractivity contribution in [2.75, 3.05) is 20.2 Å². The molecular formula is C23H23N7O5. The first-order valence-electron chi connectivity index (χ1n) is 11.1. The van der Waals surface area contributed by atoms with Gasteiger partial charge in [-0.05, 0) is 31.9 Å². The van der Waals surface area contributed by atoms with Gasteiger partial charge in [-0.2, -0.15) is 0 Å². The number of fused-ring (bicyclic) bond motifs is 3. The highest BCUT2D eigenvalue weighted by Crippen LogP contribution is 2.29. The third kappa shape index (κ3) is 4.01. The molecule has 1 saturated heterocycles. The maximum atomic E-state index is 13.1. The lowest BCUT2D eigenvalue weighted by Gasteiger charge is -2.34. The molecule has 2 N–H and O–H groups in total. The van der Waals surface area contributed by atoms with Crippen LogP contribution in [0.2, 0.25) is 0 Å².